The van der Waals surface area contributed by atoms with Gasteiger partial charge in [-0.25, -0.2) is 24.9 Å². The lowest BCUT2D eigenvalue weighted by molar-refractivity contribution is 1.07. The normalized spacial score (nSPS) is 11.5. The van der Waals surface area contributed by atoms with Gasteiger partial charge in [0.25, 0.3) is 0 Å². The molecule has 564 valence electrons. The molecule has 0 aliphatic carbocycles. The van der Waals surface area contributed by atoms with Gasteiger partial charge in [-0.1, -0.05) is 382 Å². The maximum Gasteiger partial charge on any atom is 0.160 e. The molecule has 0 fully saturated rings. The van der Waals surface area contributed by atoms with E-state index in [2.05, 4.69) is 417 Å². The molecule has 0 aliphatic heterocycles. The van der Waals surface area contributed by atoms with E-state index in [0.717, 1.165) is 145 Å². The molecule has 0 amide bonds. The number of pyridine rings is 2. The van der Waals surface area contributed by atoms with Crippen LogP contribution in [0.3, 0.4) is 0 Å². The Morgan fingerprint density at radius 3 is 0.851 bits per heavy atom. The van der Waals surface area contributed by atoms with Crippen molar-refractivity contribution in [2.24, 2.45) is 0 Å². The third kappa shape index (κ3) is 13.6. The first-order chi connectivity index (χ1) is 59.9. The van der Waals surface area contributed by atoms with Crippen LogP contribution >= 0.6 is 0 Å². The molecular formula is C115H74N6. The molecule has 4 aromatic heterocycles. The van der Waals surface area contributed by atoms with Crippen LogP contribution in [0, 0.1) is 0 Å². The van der Waals surface area contributed by atoms with Gasteiger partial charge in [0, 0.05) is 71.7 Å². The summed E-state index contributed by atoms with van der Waals surface area (Å²) in [5, 5.41) is 16.7. The first-order valence-corrected chi connectivity index (χ1v) is 41.2. The van der Waals surface area contributed by atoms with Crippen LogP contribution in [0.15, 0.2) is 449 Å². The van der Waals surface area contributed by atoms with Crippen molar-refractivity contribution in [3.8, 4) is 141 Å². The third-order valence-electron chi connectivity index (χ3n) is 23.6. The molecule has 0 unspecified atom stereocenters. The lowest BCUT2D eigenvalue weighted by Gasteiger charge is -2.17. The Bertz CT molecular complexity index is 7850. The minimum Gasteiger partial charge on any atom is -0.292 e. The number of fused-ring (bicyclic) bond motifs is 10. The largest absolute Gasteiger partial charge is 0.292 e. The van der Waals surface area contributed by atoms with Crippen LogP contribution in [0.1, 0.15) is 0 Å². The van der Waals surface area contributed by atoms with Crippen molar-refractivity contribution in [3.05, 3.63) is 449 Å². The highest BCUT2D eigenvalue weighted by molar-refractivity contribution is 6.19. The van der Waals surface area contributed by atoms with E-state index in [4.69, 9.17) is 24.9 Å². The van der Waals surface area contributed by atoms with E-state index in [-0.39, 0.29) is 0 Å². The second kappa shape index (κ2) is 30.8. The van der Waals surface area contributed by atoms with Gasteiger partial charge >= 0.3 is 0 Å². The molecular weight excluding hydrogens is 1470 g/mol. The molecule has 19 aromatic carbocycles. The van der Waals surface area contributed by atoms with E-state index in [1.807, 2.05) is 36.4 Å². The minimum atomic E-state index is 0.701. The van der Waals surface area contributed by atoms with Gasteiger partial charge in [0.15, 0.2) is 5.82 Å². The highest BCUT2D eigenvalue weighted by atomic mass is 15.1. The van der Waals surface area contributed by atoms with Gasteiger partial charge in [-0.15, -0.1) is 0 Å². The van der Waals surface area contributed by atoms with Crippen LogP contribution in [-0.2, 0) is 0 Å². The number of hydrogen-bond donors (Lipinski definition) is 0. The highest BCUT2D eigenvalue weighted by Crippen LogP contribution is 2.46. The molecule has 23 rings (SSSR count). The summed E-state index contributed by atoms with van der Waals surface area (Å²) in [7, 11) is 0. The summed E-state index contributed by atoms with van der Waals surface area (Å²) in [6.07, 6.45) is 0. The molecule has 6 nitrogen and oxygen atoms in total. The summed E-state index contributed by atoms with van der Waals surface area (Å²) in [6.45, 7) is 0. The highest BCUT2D eigenvalue weighted by Gasteiger charge is 2.25. The molecule has 0 radical (unpaired) electrons. The Morgan fingerprint density at radius 1 is 0.165 bits per heavy atom. The van der Waals surface area contributed by atoms with Crippen molar-refractivity contribution < 1.29 is 0 Å². The molecule has 23 aromatic rings. The van der Waals surface area contributed by atoms with E-state index >= 15 is 0 Å². The molecule has 0 N–H and O–H groups in total. The van der Waals surface area contributed by atoms with Gasteiger partial charge in [0.05, 0.1) is 45.2 Å². The summed E-state index contributed by atoms with van der Waals surface area (Å²) in [5.41, 5.74) is 26.3. The quantitative estimate of drug-likeness (QED) is 0.108. The SMILES string of the molecule is c1ccc(-c2cc(-c3ccc(-c4cc(-c5ccc6ccccc6c5)c5cc(-c6ccc7ccccc7c6)c6ccccc6c5n4)cc3)nc(-c3ccccc3)n2)cc1.c1ccc(-c2nc(-c3ccccc3)n(-c3ccc(-c4cc(-c5ccc6ccccc6c5)c5cc(-c6ccc7ccccc7c6)c6ccccc6c5n4)cc3)c2-c2ccccc2)cc1. The molecule has 0 aliphatic rings. The van der Waals surface area contributed by atoms with Gasteiger partial charge in [-0.3, -0.25) is 4.57 Å². The topological polar surface area (TPSA) is 69.4 Å². The first-order valence-electron chi connectivity index (χ1n) is 41.2. The number of nitrogens with zero attached hydrogens (tertiary/aromatic N) is 6. The second-order valence-electron chi connectivity index (χ2n) is 31.0. The fourth-order valence-corrected chi connectivity index (χ4v) is 17.6. The lowest BCUT2D eigenvalue weighted by atomic mass is 9.90. The van der Waals surface area contributed by atoms with Crippen LogP contribution in [-0.4, -0.2) is 29.5 Å². The molecule has 6 heteroatoms. The molecule has 0 bridgehead atoms. The summed E-state index contributed by atoms with van der Waals surface area (Å²) >= 11 is 0. The summed E-state index contributed by atoms with van der Waals surface area (Å²) in [4.78, 5) is 26.5. The third-order valence-corrected chi connectivity index (χ3v) is 23.6. The summed E-state index contributed by atoms with van der Waals surface area (Å²) < 4.78 is 2.31. The van der Waals surface area contributed by atoms with E-state index < -0.39 is 0 Å². The van der Waals surface area contributed by atoms with Crippen molar-refractivity contribution in [1.29, 1.82) is 0 Å². The second-order valence-corrected chi connectivity index (χ2v) is 31.0. The zero-order valence-electron chi connectivity index (χ0n) is 65.9. The standard InChI is InChI=1S/C60H39N3.C55H35N3/c1-4-18-43(19-5-1)57-59(44-20-6-2-7-21-44)63(60(62-57)45-22-8-3-9-23-45)50-34-32-42(33-35-50)56-39-54(49-31-29-41-17-11-13-25-47(41)37-49)55-38-53(51-26-14-15-27-52(51)58(55)61-56)48-30-28-40-16-10-12-24-46(40)36-48;1-3-15-38(16-4-1)52-35-53(58-55(57-52)41-17-5-2-6-18-41)40-27-25-39(26-28-40)51-34-49(45-30-24-37-14-8-10-20-43(37)32-45)50-33-48(46-21-11-12-22-47(46)54(50)56-51)44-29-23-36-13-7-9-19-42(36)31-44/h1-39H;1-35H. The van der Waals surface area contributed by atoms with E-state index in [1.165, 1.54) is 76.1 Å². The fourth-order valence-electron chi connectivity index (χ4n) is 17.6. The monoisotopic (exact) mass is 1540 g/mol. The molecule has 0 atom stereocenters. The van der Waals surface area contributed by atoms with Gasteiger partial charge in [0.2, 0.25) is 0 Å². The zero-order chi connectivity index (χ0) is 80.1. The van der Waals surface area contributed by atoms with Crippen LogP contribution in [0.25, 0.3) is 227 Å². The van der Waals surface area contributed by atoms with E-state index in [1.54, 1.807) is 0 Å². The van der Waals surface area contributed by atoms with Crippen molar-refractivity contribution in [2.45, 2.75) is 0 Å². The maximum absolute atomic E-state index is 5.56. The minimum absolute atomic E-state index is 0.701. The zero-order valence-corrected chi connectivity index (χ0v) is 65.9. The number of hydrogen-bond acceptors (Lipinski definition) is 5. The van der Waals surface area contributed by atoms with Crippen LogP contribution in [0.5, 0.6) is 0 Å². The van der Waals surface area contributed by atoms with Crippen LogP contribution < -0.4 is 0 Å². The lowest BCUT2D eigenvalue weighted by Crippen LogP contribution is -2.00. The average molecular weight is 1540 g/mol. The molecule has 121 heavy (non-hydrogen) atoms. The van der Waals surface area contributed by atoms with Gasteiger partial charge in [0.1, 0.15) is 5.82 Å². The molecule has 0 saturated heterocycles. The Balaban J connectivity index is 0.000000145. The fraction of sp³-hybridized carbons (Fsp3) is 0. The molecule has 0 spiro atoms. The first kappa shape index (κ1) is 71.4. The molecule has 0 saturated carbocycles. The van der Waals surface area contributed by atoms with Crippen LogP contribution in [0.2, 0.25) is 0 Å². The number of rotatable bonds is 13. The number of aromatic nitrogens is 6. The number of benzene rings is 19. The van der Waals surface area contributed by atoms with Crippen molar-refractivity contribution in [1.82, 2.24) is 29.5 Å². The predicted molar refractivity (Wildman–Crippen MR) is 506 cm³/mol. The summed E-state index contributed by atoms with van der Waals surface area (Å²) in [6, 6.07) is 160. The Kier molecular flexibility index (Phi) is 18.2. The van der Waals surface area contributed by atoms with Crippen molar-refractivity contribution >= 4 is 86.4 Å². The van der Waals surface area contributed by atoms with Gasteiger partial charge < -0.3 is 0 Å². The Labute approximate surface area is 700 Å². The predicted octanol–water partition coefficient (Wildman–Crippen LogP) is 30.4. The van der Waals surface area contributed by atoms with Gasteiger partial charge in [-0.2, -0.15) is 0 Å². The Hall–Kier alpha value is -16.2. The van der Waals surface area contributed by atoms with Crippen molar-refractivity contribution in [2.75, 3.05) is 0 Å². The van der Waals surface area contributed by atoms with Crippen molar-refractivity contribution in [3.63, 3.8) is 0 Å². The van der Waals surface area contributed by atoms with Crippen LogP contribution in [0.4, 0.5) is 0 Å². The number of imidazole rings is 1. The maximum atomic E-state index is 5.56. The van der Waals surface area contributed by atoms with Gasteiger partial charge in [-0.05, 0) is 165 Å². The smallest absolute Gasteiger partial charge is 0.160 e. The molecule has 4 heterocycles. The van der Waals surface area contributed by atoms with E-state index in [0.29, 0.717) is 5.82 Å². The Morgan fingerprint density at radius 2 is 0.455 bits per heavy atom. The summed E-state index contributed by atoms with van der Waals surface area (Å²) in [5.74, 6) is 1.59. The van der Waals surface area contributed by atoms with E-state index in [9.17, 15) is 0 Å². The average Bonchev–Trinajstić information content (AvgIpc) is 1.74.